The number of hydrogen-bond donors (Lipinski definition) is 1. The maximum Gasteiger partial charge on any atom is 0.306 e. The fraction of sp³-hybridized carbons (Fsp3) is 0.864. The number of carbonyl (C=O) groups is 2. The lowest BCUT2D eigenvalue weighted by Gasteiger charge is -2.16. The van der Waals surface area contributed by atoms with Crippen molar-refractivity contribution < 1.29 is 24.2 Å². The molecular weight excluding hydrogens is 608 g/mol. The highest BCUT2D eigenvalue weighted by molar-refractivity contribution is 5.69. The number of ether oxygens (including phenoxy) is 2. The molecule has 0 spiro atoms. The smallest absolute Gasteiger partial charge is 0.306 e. The molecule has 0 saturated heterocycles. The molecular formula is C44H82O5. The van der Waals surface area contributed by atoms with Crippen molar-refractivity contribution in [2.45, 2.75) is 245 Å². The summed E-state index contributed by atoms with van der Waals surface area (Å²) in [4.78, 5) is 24.7. The first-order valence-electron chi connectivity index (χ1n) is 21.3. The van der Waals surface area contributed by atoms with Crippen LogP contribution in [-0.2, 0) is 19.1 Å². The van der Waals surface area contributed by atoms with Gasteiger partial charge in [0.25, 0.3) is 0 Å². The van der Waals surface area contributed by atoms with Gasteiger partial charge in [0.05, 0.1) is 12.2 Å². The first-order chi connectivity index (χ1) is 23.9. The number of carbonyl (C=O) groups excluding carboxylic acids is 2. The summed E-state index contributed by atoms with van der Waals surface area (Å²) < 4.78 is 11.5. The average molecular weight is 691 g/mol. The summed E-state index contributed by atoms with van der Waals surface area (Å²) in [6, 6.07) is 0. The highest BCUT2D eigenvalue weighted by atomic mass is 16.5. The molecule has 0 heterocycles. The summed E-state index contributed by atoms with van der Waals surface area (Å²) in [5.41, 5.74) is 0. The Kier molecular flexibility index (Phi) is 36.4. The van der Waals surface area contributed by atoms with Crippen LogP contribution in [0.5, 0.6) is 0 Å². The summed E-state index contributed by atoms with van der Waals surface area (Å²) in [6.07, 6.45) is 42.0. The monoisotopic (exact) mass is 691 g/mol. The zero-order valence-electron chi connectivity index (χ0n) is 33.0. The molecule has 0 fully saturated rings. The number of unbranched alkanes of at least 4 members (excludes halogenated alkanes) is 19. The third-order valence-corrected chi connectivity index (χ3v) is 9.51. The van der Waals surface area contributed by atoms with Crippen molar-refractivity contribution in [2.75, 3.05) is 0 Å². The van der Waals surface area contributed by atoms with Crippen LogP contribution in [0.1, 0.15) is 227 Å². The summed E-state index contributed by atoms with van der Waals surface area (Å²) in [5.74, 6) is -0.0673. The zero-order valence-corrected chi connectivity index (χ0v) is 33.0. The Morgan fingerprint density at radius 1 is 0.490 bits per heavy atom. The van der Waals surface area contributed by atoms with Crippen LogP contribution in [0.15, 0.2) is 24.3 Å². The van der Waals surface area contributed by atoms with Crippen LogP contribution in [0.3, 0.4) is 0 Å². The number of hydrogen-bond acceptors (Lipinski definition) is 5. The second kappa shape index (κ2) is 37.6. The van der Waals surface area contributed by atoms with Crippen molar-refractivity contribution >= 4 is 11.9 Å². The average Bonchev–Trinajstić information content (AvgIpc) is 3.08. The lowest BCUT2D eigenvalue weighted by molar-refractivity contribution is -0.150. The Balaban J connectivity index is 4.00. The minimum atomic E-state index is -0.185. The van der Waals surface area contributed by atoms with Crippen molar-refractivity contribution in [1.29, 1.82) is 0 Å². The molecule has 0 aliphatic carbocycles. The van der Waals surface area contributed by atoms with E-state index >= 15 is 0 Å². The molecule has 1 N–H and O–H groups in total. The molecule has 3 unspecified atom stereocenters. The molecule has 0 aliphatic heterocycles. The summed E-state index contributed by atoms with van der Waals surface area (Å²) in [6.45, 7) is 8.68. The van der Waals surface area contributed by atoms with E-state index in [0.29, 0.717) is 12.8 Å². The third kappa shape index (κ3) is 36.0. The second-order valence-corrected chi connectivity index (χ2v) is 14.6. The molecule has 3 atom stereocenters. The van der Waals surface area contributed by atoms with Gasteiger partial charge >= 0.3 is 11.9 Å². The van der Waals surface area contributed by atoms with Gasteiger partial charge in [0.1, 0.15) is 6.10 Å². The maximum atomic E-state index is 12.6. The van der Waals surface area contributed by atoms with Crippen LogP contribution in [-0.4, -0.2) is 35.4 Å². The van der Waals surface area contributed by atoms with Gasteiger partial charge in [-0.2, -0.15) is 0 Å². The van der Waals surface area contributed by atoms with Crippen LogP contribution in [0.2, 0.25) is 0 Å². The van der Waals surface area contributed by atoms with Gasteiger partial charge in [0, 0.05) is 19.3 Å². The van der Waals surface area contributed by atoms with Crippen LogP contribution < -0.4 is 0 Å². The van der Waals surface area contributed by atoms with Crippen LogP contribution in [0.25, 0.3) is 0 Å². The SMILES string of the molecule is CCCCCCC(O)C/C=C/CCCCCCCC(=O)OC(C/C=C/CCCCCCCC(=O)OC(C)CCCCCC)CCCCCC. The van der Waals surface area contributed by atoms with Crippen LogP contribution >= 0.6 is 0 Å². The van der Waals surface area contributed by atoms with Crippen molar-refractivity contribution in [3.05, 3.63) is 24.3 Å². The van der Waals surface area contributed by atoms with Crippen molar-refractivity contribution in [1.82, 2.24) is 0 Å². The molecule has 288 valence electrons. The van der Waals surface area contributed by atoms with E-state index in [2.05, 4.69) is 45.1 Å². The Morgan fingerprint density at radius 3 is 1.47 bits per heavy atom. The number of rotatable bonds is 37. The molecule has 0 amide bonds. The van der Waals surface area contributed by atoms with Crippen molar-refractivity contribution in [2.24, 2.45) is 0 Å². The first-order valence-corrected chi connectivity index (χ1v) is 21.3. The lowest BCUT2D eigenvalue weighted by atomic mass is 10.1. The van der Waals surface area contributed by atoms with Gasteiger partial charge in [-0.1, -0.05) is 148 Å². The highest BCUT2D eigenvalue weighted by Crippen LogP contribution is 2.16. The van der Waals surface area contributed by atoms with Crippen molar-refractivity contribution in [3.8, 4) is 0 Å². The summed E-state index contributed by atoms with van der Waals surface area (Å²) in [7, 11) is 0. The highest BCUT2D eigenvalue weighted by Gasteiger charge is 2.13. The second-order valence-electron chi connectivity index (χ2n) is 14.6. The van der Waals surface area contributed by atoms with Gasteiger partial charge < -0.3 is 14.6 Å². The van der Waals surface area contributed by atoms with E-state index in [1.165, 1.54) is 77.0 Å². The molecule has 49 heavy (non-hydrogen) atoms. The topological polar surface area (TPSA) is 72.8 Å². The summed E-state index contributed by atoms with van der Waals surface area (Å²) in [5, 5.41) is 10.1. The van der Waals surface area contributed by atoms with Gasteiger partial charge in [-0.05, 0) is 84.0 Å². The van der Waals surface area contributed by atoms with E-state index in [-0.39, 0.29) is 30.3 Å². The molecule has 0 aliphatic rings. The third-order valence-electron chi connectivity index (χ3n) is 9.51. The van der Waals surface area contributed by atoms with E-state index in [9.17, 15) is 14.7 Å². The van der Waals surface area contributed by atoms with Crippen LogP contribution in [0.4, 0.5) is 0 Å². The molecule has 0 bridgehead atoms. The van der Waals surface area contributed by atoms with Gasteiger partial charge in [-0.15, -0.1) is 0 Å². The Hall–Kier alpha value is -1.62. The molecule has 5 heteroatoms. The Labute approximate surface area is 304 Å². The van der Waals surface area contributed by atoms with Gasteiger partial charge in [-0.3, -0.25) is 9.59 Å². The quantitative estimate of drug-likeness (QED) is 0.0399. The number of allylic oxidation sites excluding steroid dienone is 2. The predicted molar refractivity (Wildman–Crippen MR) is 210 cm³/mol. The standard InChI is InChI=1S/C44H82O5/c1-5-8-11-26-33-40(4)48-43(46)38-31-24-20-17-15-19-23-30-37-42(36-29-13-10-7-3)49-44(47)39-32-25-21-16-14-18-22-28-35-41(45)34-27-12-9-6-2/h22-23,28,30,40-42,45H,5-21,24-27,29,31-39H2,1-4H3/b28-22+,30-23+. The van der Waals surface area contributed by atoms with E-state index in [4.69, 9.17) is 9.47 Å². The normalized spacial score (nSPS) is 13.7. The maximum absolute atomic E-state index is 12.6. The largest absolute Gasteiger partial charge is 0.463 e. The molecule has 5 nitrogen and oxygen atoms in total. The van der Waals surface area contributed by atoms with Crippen molar-refractivity contribution in [3.63, 3.8) is 0 Å². The molecule has 0 rings (SSSR count). The fourth-order valence-corrected chi connectivity index (χ4v) is 6.25. The lowest BCUT2D eigenvalue weighted by Crippen LogP contribution is -2.17. The van der Waals surface area contributed by atoms with E-state index in [1.54, 1.807) is 0 Å². The molecule has 0 saturated carbocycles. The van der Waals surface area contributed by atoms with Gasteiger partial charge in [0.15, 0.2) is 0 Å². The predicted octanol–water partition coefficient (Wildman–Crippen LogP) is 13.5. The zero-order chi connectivity index (χ0) is 36.0. The minimum Gasteiger partial charge on any atom is -0.463 e. The fourth-order valence-electron chi connectivity index (χ4n) is 6.25. The number of esters is 2. The number of aliphatic hydroxyl groups is 1. The van der Waals surface area contributed by atoms with Gasteiger partial charge in [0.2, 0.25) is 0 Å². The summed E-state index contributed by atoms with van der Waals surface area (Å²) >= 11 is 0. The minimum absolute atomic E-state index is 0.000988. The van der Waals surface area contributed by atoms with E-state index < -0.39 is 0 Å². The Bertz CT molecular complexity index is 775. The Morgan fingerprint density at radius 2 is 0.918 bits per heavy atom. The number of aliphatic hydroxyl groups excluding tert-OH is 1. The molecule has 0 radical (unpaired) electrons. The van der Waals surface area contributed by atoms with E-state index in [1.807, 2.05) is 6.92 Å². The molecule has 0 aromatic rings. The molecule has 0 aromatic heterocycles. The molecule has 0 aromatic carbocycles. The van der Waals surface area contributed by atoms with Gasteiger partial charge in [-0.25, -0.2) is 0 Å². The van der Waals surface area contributed by atoms with Crippen LogP contribution in [0, 0.1) is 0 Å². The first kappa shape index (κ1) is 47.4. The van der Waals surface area contributed by atoms with E-state index in [0.717, 1.165) is 109 Å².